The fourth-order valence-corrected chi connectivity index (χ4v) is 3.14. The molecule has 3 rings (SSSR count). The average molecular weight is 633 g/mol. The Hall–Kier alpha value is -4.76. The lowest BCUT2D eigenvalue weighted by Gasteiger charge is -2.15. The summed E-state index contributed by atoms with van der Waals surface area (Å²) in [5.41, 5.74) is -0.00241. The van der Waals surface area contributed by atoms with Gasteiger partial charge in [-0.25, -0.2) is 14.4 Å². The molecule has 0 aliphatic rings. The molecule has 15 heteroatoms. The molecule has 0 spiro atoms. The maximum absolute atomic E-state index is 12.2. The lowest BCUT2D eigenvalue weighted by atomic mass is 10.1. The molecule has 0 heterocycles. The first-order chi connectivity index (χ1) is 20.5. The number of methoxy groups -OCH3 is 3. The molecule has 0 saturated carbocycles. The third kappa shape index (κ3) is 11.5. The second kappa shape index (κ2) is 16.8. The first kappa shape index (κ1) is 37.3. The number of hydrogen-bond donors (Lipinski definition) is 2. The zero-order valence-electron chi connectivity index (χ0n) is 23.2. The van der Waals surface area contributed by atoms with Crippen LogP contribution in [0.3, 0.4) is 0 Å². The van der Waals surface area contributed by atoms with E-state index in [0.717, 1.165) is 38.5 Å². The van der Waals surface area contributed by atoms with Crippen LogP contribution >= 0.6 is 0 Å². The summed E-state index contributed by atoms with van der Waals surface area (Å²) < 4.78 is 86.3. The van der Waals surface area contributed by atoms with Crippen molar-refractivity contribution in [1.29, 1.82) is 0 Å². The van der Waals surface area contributed by atoms with Crippen molar-refractivity contribution >= 4 is 24.2 Å². The standard InChI is InChI=1S/2C10H9F3O3.C9H8O3/c2*1-16-9(15)7-4-2-3-6(5-7)8(14)10(11,12)13;1-12-9(11)8-4-2-3-7(5-8)6-10/h2*2-5,8,14H,1H3;2-6H,1H3. The maximum atomic E-state index is 12.2. The van der Waals surface area contributed by atoms with Gasteiger partial charge < -0.3 is 24.4 Å². The fraction of sp³-hybridized carbons (Fsp3) is 0.241. The van der Waals surface area contributed by atoms with Crippen molar-refractivity contribution in [2.24, 2.45) is 0 Å². The van der Waals surface area contributed by atoms with Crippen LogP contribution in [-0.4, -0.2) is 68.1 Å². The molecule has 0 bridgehead atoms. The molecule has 0 fully saturated rings. The van der Waals surface area contributed by atoms with E-state index in [4.69, 9.17) is 10.2 Å². The monoisotopic (exact) mass is 632 g/mol. The van der Waals surface area contributed by atoms with Crippen LogP contribution in [-0.2, 0) is 14.2 Å². The smallest absolute Gasteiger partial charge is 0.418 e. The number of ether oxygens (including phenoxy) is 3. The second-order valence-electron chi connectivity index (χ2n) is 8.36. The van der Waals surface area contributed by atoms with E-state index in [0.29, 0.717) is 17.4 Å². The third-order valence-corrected chi connectivity index (χ3v) is 5.31. The van der Waals surface area contributed by atoms with Crippen LogP contribution in [0, 0.1) is 0 Å². The molecular formula is C29H26F6O9. The molecule has 0 aliphatic carbocycles. The highest BCUT2D eigenvalue weighted by Gasteiger charge is 2.40. The number of aldehydes is 1. The number of aliphatic hydroxyl groups excluding tert-OH is 2. The molecule has 0 saturated heterocycles. The summed E-state index contributed by atoms with van der Waals surface area (Å²) in [6, 6.07) is 15.5. The van der Waals surface area contributed by atoms with Gasteiger partial charge in [0.05, 0.1) is 38.0 Å². The van der Waals surface area contributed by atoms with Gasteiger partial charge in [-0.3, -0.25) is 4.79 Å². The predicted octanol–water partition coefficient (Wildman–Crippen LogP) is 5.42. The van der Waals surface area contributed by atoms with Crippen molar-refractivity contribution in [3.8, 4) is 0 Å². The number of halogens is 6. The molecule has 3 aromatic rings. The molecule has 0 aliphatic heterocycles. The first-order valence-electron chi connectivity index (χ1n) is 12.0. The number of alkyl halides is 6. The van der Waals surface area contributed by atoms with Crippen molar-refractivity contribution < 1.29 is 69.9 Å². The van der Waals surface area contributed by atoms with Gasteiger partial charge in [0, 0.05) is 5.56 Å². The van der Waals surface area contributed by atoms with Crippen molar-refractivity contribution in [3.05, 3.63) is 106 Å². The second-order valence-corrected chi connectivity index (χ2v) is 8.36. The van der Waals surface area contributed by atoms with Gasteiger partial charge in [0.25, 0.3) is 0 Å². The van der Waals surface area contributed by atoms with Gasteiger partial charge >= 0.3 is 30.3 Å². The van der Waals surface area contributed by atoms with Crippen LogP contribution in [0.1, 0.15) is 64.8 Å². The molecule has 0 amide bonds. The van der Waals surface area contributed by atoms with Crippen LogP contribution in [0.5, 0.6) is 0 Å². The number of rotatable bonds is 6. The topological polar surface area (TPSA) is 136 Å². The number of benzene rings is 3. The number of carbonyl (C=O) groups excluding carboxylic acids is 4. The van der Waals surface area contributed by atoms with Crippen molar-refractivity contribution in [1.82, 2.24) is 0 Å². The highest BCUT2D eigenvalue weighted by atomic mass is 19.4. The lowest BCUT2D eigenvalue weighted by molar-refractivity contribution is -0.207. The molecule has 3 aromatic carbocycles. The largest absolute Gasteiger partial charge is 0.465 e. The van der Waals surface area contributed by atoms with Gasteiger partial charge in [0.2, 0.25) is 0 Å². The van der Waals surface area contributed by atoms with Crippen molar-refractivity contribution in [2.75, 3.05) is 21.3 Å². The number of hydrogen-bond acceptors (Lipinski definition) is 9. The summed E-state index contributed by atoms with van der Waals surface area (Å²) in [5.74, 6) is -1.94. The number of carbonyl (C=O) groups is 4. The van der Waals surface area contributed by atoms with E-state index in [9.17, 15) is 45.5 Å². The van der Waals surface area contributed by atoms with E-state index in [1.54, 1.807) is 18.2 Å². The van der Waals surface area contributed by atoms with Gasteiger partial charge in [-0.1, -0.05) is 36.4 Å². The van der Waals surface area contributed by atoms with Gasteiger partial charge in [-0.05, 0) is 47.5 Å². The van der Waals surface area contributed by atoms with Gasteiger partial charge in [0.15, 0.2) is 12.2 Å². The van der Waals surface area contributed by atoms with E-state index >= 15 is 0 Å². The van der Waals surface area contributed by atoms with Crippen LogP contribution < -0.4 is 0 Å². The molecule has 2 unspecified atom stereocenters. The molecular weight excluding hydrogens is 606 g/mol. The summed E-state index contributed by atoms with van der Waals surface area (Å²) >= 11 is 0. The zero-order valence-corrected chi connectivity index (χ0v) is 23.2. The van der Waals surface area contributed by atoms with E-state index in [1.807, 2.05) is 0 Å². The van der Waals surface area contributed by atoms with E-state index in [-0.39, 0.29) is 11.1 Å². The Morgan fingerprint density at radius 1 is 0.614 bits per heavy atom. The van der Waals surface area contributed by atoms with Crippen LogP contribution in [0.15, 0.2) is 72.8 Å². The predicted molar refractivity (Wildman–Crippen MR) is 141 cm³/mol. The maximum Gasteiger partial charge on any atom is 0.418 e. The summed E-state index contributed by atoms with van der Waals surface area (Å²) in [5, 5.41) is 17.9. The van der Waals surface area contributed by atoms with Crippen LogP contribution in [0.25, 0.3) is 0 Å². The Bertz CT molecular complexity index is 1350. The Kier molecular flexibility index (Phi) is 14.2. The highest BCUT2D eigenvalue weighted by Crippen LogP contribution is 2.33. The molecule has 2 N–H and O–H groups in total. The fourth-order valence-electron chi connectivity index (χ4n) is 3.14. The highest BCUT2D eigenvalue weighted by molar-refractivity contribution is 5.91. The molecule has 0 aromatic heterocycles. The van der Waals surface area contributed by atoms with Crippen molar-refractivity contribution in [3.63, 3.8) is 0 Å². The summed E-state index contributed by atoms with van der Waals surface area (Å²) in [6.07, 6.45) is -14.0. The van der Waals surface area contributed by atoms with Crippen molar-refractivity contribution in [2.45, 2.75) is 24.6 Å². The normalized spacial score (nSPS) is 12.2. The Balaban J connectivity index is 0.000000334. The molecule has 238 valence electrons. The van der Waals surface area contributed by atoms with E-state index < -0.39 is 53.6 Å². The quantitative estimate of drug-likeness (QED) is 0.158. The molecule has 2 atom stereocenters. The minimum Gasteiger partial charge on any atom is -0.465 e. The average Bonchev–Trinajstić information content (AvgIpc) is 3.02. The summed E-state index contributed by atoms with van der Waals surface area (Å²) in [7, 11) is 3.54. The summed E-state index contributed by atoms with van der Waals surface area (Å²) in [6.45, 7) is 0. The lowest BCUT2D eigenvalue weighted by Crippen LogP contribution is -2.20. The molecule has 9 nitrogen and oxygen atoms in total. The van der Waals surface area contributed by atoms with E-state index in [1.165, 1.54) is 37.4 Å². The van der Waals surface area contributed by atoms with Gasteiger partial charge in [0.1, 0.15) is 6.29 Å². The van der Waals surface area contributed by atoms with Gasteiger partial charge in [-0.15, -0.1) is 0 Å². The minimum absolute atomic E-state index is 0.0386. The number of esters is 3. The van der Waals surface area contributed by atoms with Crippen LogP contribution in [0.4, 0.5) is 26.3 Å². The first-order valence-corrected chi connectivity index (χ1v) is 12.0. The zero-order chi connectivity index (χ0) is 33.7. The molecule has 44 heavy (non-hydrogen) atoms. The minimum atomic E-state index is -4.76. The Morgan fingerprint density at radius 2 is 0.932 bits per heavy atom. The SMILES string of the molecule is COC(=O)c1cccc(C(O)C(F)(F)F)c1.COC(=O)c1cccc(C(O)C(F)(F)F)c1.COC(=O)c1cccc(C=O)c1. The third-order valence-electron chi connectivity index (χ3n) is 5.31. The molecule has 0 radical (unpaired) electrons. The van der Waals surface area contributed by atoms with Crippen LogP contribution in [0.2, 0.25) is 0 Å². The number of aliphatic hydroxyl groups is 2. The Morgan fingerprint density at radius 3 is 1.23 bits per heavy atom. The van der Waals surface area contributed by atoms with E-state index in [2.05, 4.69) is 14.2 Å². The Labute approximate surface area is 246 Å². The van der Waals surface area contributed by atoms with Gasteiger partial charge in [-0.2, -0.15) is 26.3 Å². The summed E-state index contributed by atoms with van der Waals surface area (Å²) in [4.78, 5) is 43.4.